The van der Waals surface area contributed by atoms with E-state index in [1.807, 2.05) is 6.92 Å². The third-order valence-corrected chi connectivity index (χ3v) is 4.38. The number of piperidine rings is 1. The number of carbonyl (C=O) groups is 3. The highest BCUT2D eigenvalue weighted by Gasteiger charge is 2.40. The van der Waals surface area contributed by atoms with Gasteiger partial charge >= 0.3 is 11.9 Å². The summed E-state index contributed by atoms with van der Waals surface area (Å²) in [7, 11) is 0. The Balaban J connectivity index is 2.17. The fourth-order valence-electron chi connectivity index (χ4n) is 2.43. The zero-order valence-corrected chi connectivity index (χ0v) is 12.2. The van der Waals surface area contributed by atoms with Crippen LogP contribution in [-0.4, -0.2) is 55.6 Å². The molecule has 2 N–H and O–H groups in total. The van der Waals surface area contributed by atoms with Crippen molar-refractivity contribution in [1.29, 1.82) is 0 Å². The zero-order valence-electron chi connectivity index (χ0n) is 11.4. The fraction of sp³-hybridized carbons (Fsp3) is 0.583. The maximum Gasteiger partial charge on any atom is 0.309 e. The molecule has 1 saturated heterocycles. The van der Waals surface area contributed by atoms with Crippen molar-refractivity contribution in [3.8, 4) is 0 Å². The van der Waals surface area contributed by atoms with E-state index in [-0.39, 0.29) is 25.4 Å². The molecule has 1 aromatic heterocycles. The minimum atomic E-state index is -1.20. The van der Waals surface area contributed by atoms with Gasteiger partial charge in [0.15, 0.2) is 0 Å². The number of carboxylic acids is 2. The highest BCUT2D eigenvalue weighted by molar-refractivity contribution is 7.08. The van der Waals surface area contributed by atoms with Crippen LogP contribution < -0.4 is 0 Å². The van der Waals surface area contributed by atoms with Crippen LogP contribution in [0.25, 0.3) is 0 Å². The number of rotatable bonds is 4. The van der Waals surface area contributed by atoms with Gasteiger partial charge in [-0.15, -0.1) is 5.10 Å². The van der Waals surface area contributed by atoms with E-state index in [0.29, 0.717) is 17.0 Å². The number of nitrogens with zero attached hydrogens (tertiary/aromatic N) is 3. The summed E-state index contributed by atoms with van der Waals surface area (Å²) in [5, 5.41) is 22.1. The lowest BCUT2D eigenvalue weighted by atomic mass is 9.85. The molecule has 0 aromatic carbocycles. The first-order chi connectivity index (χ1) is 9.95. The van der Waals surface area contributed by atoms with Crippen molar-refractivity contribution < 1.29 is 24.6 Å². The topological polar surface area (TPSA) is 121 Å². The molecular weight excluding hydrogens is 298 g/mol. The number of aromatic nitrogens is 2. The molecule has 1 fully saturated rings. The molecule has 2 unspecified atom stereocenters. The van der Waals surface area contributed by atoms with Gasteiger partial charge in [0.25, 0.3) is 5.91 Å². The Kier molecular flexibility index (Phi) is 4.51. The molecule has 9 heteroatoms. The average molecular weight is 313 g/mol. The number of hydrogen-bond acceptors (Lipinski definition) is 6. The van der Waals surface area contributed by atoms with Crippen LogP contribution in [0.5, 0.6) is 0 Å². The summed E-state index contributed by atoms with van der Waals surface area (Å²) in [5.74, 6) is -4.71. The summed E-state index contributed by atoms with van der Waals surface area (Å²) < 4.78 is 3.74. The minimum Gasteiger partial charge on any atom is -0.481 e. The predicted molar refractivity (Wildman–Crippen MR) is 72.1 cm³/mol. The molecule has 2 atom stereocenters. The lowest BCUT2D eigenvalue weighted by Gasteiger charge is -2.34. The second kappa shape index (κ2) is 6.17. The van der Waals surface area contributed by atoms with Gasteiger partial charge in [0, 0.05) is 13.1 Å². The van der Waals surface area contributed by atoms with Crippen LogP contribution in [0, 0.1) is 11.8 Å². The first kappa shape index (κ1) is 15.4. The van der Waals surface area contributed by atoms with Crippen molar-refractivity contribution in [3.63, 3.8) is 0 Å². The Bertz CT molecular complexity index is 573. The Morgan fingerprint density at radius 3 is 2.52 bits per heavy atom. The summed E-state index contributed by atoms with van der Waals surface area (Å²) in [4.78, 5) is 36.5. The van der Waals surface area contributed by atoms with Gasteiger partial charge in [-0.2, -0.15) is 0 Å². The third kappa shape index (κ3) is 3.02. The van der Waals surface area contributed by atoms with Gasteiger partial charge in [0.05, 0.1) is 17.5 Å². The number of hydrogen-bond donors (Lipinski definition) is 2. The van der Waals surface area contributed by atoms with Crippen molar-refractivity contribution in [2.75, 3.05) is 13.1 Å². The number of carbonyl (C=O) groups excluding carboxylic acids is 1. The van der Waals surface area contributed by atoms with E-state index in [2.05, 4.69) is 9.59 Å². The second-order valence-corrected chi connectivity index (χ2v) is 5.59. The average Bonchev–Trinajstić information content (AvgIpc) is 2.94. The summed E-state index contributed by atoms with van der Waals surface area (Å²) >= 11 is 0.977. The molecular formula is C12H15N3O5S. The van der Waals surface area contributed by atoms with Gasteiger partial charge in [-0.3, -0.25) is 14.4 Å². The van der Waals surface area contributed by atoms with Crippen molar-refractivity contribution in [1.82, 2.24) is 14.5 Å². The van der Waals surface area contributed by atoms with Crippen LogP contribution in [0.1, 0.15) is 28.7 Å². The van der Waals surface area contributed by atoms with E-state index in [1.54, 1.807) is 0 Å². The van der Waals surface area contributed by atoms with Gasteiger partial charge in [-0.05, 0) is 24.4 Å². The molecule has 1 aliphatic heterocycles. The molecule has 0 saturated carbocycles. The van der Waals surface area contributed by atoms with Gasteiger partial charge in [-0.25, -0.2) is 0 Å². The Morgan fingerprint density at radius 2 is 1.95 bits per heavy atom. The Hall–Kier alpha value is -2.03. The van der Waals surface area contributed by atoms with Crippen molar-refractivity contribution >= 4 is 29.4 Å². The minimum absolute atomic E-state index is 0.105. The smallest absolute Gasteiger partial charge is 0.309 e. The monoisotopic (exact) mass is 313 g/mol. The number of carboxylic acid groups (broad SMARTS) is 2. The van der Waals surface area contributed by atoms with E-state index in [4.69, 9.17) is 10.2 Å². The number of amides is 1. The molecule has 0 spiro atoms. The molecule has 114 valence electrons. The van der Waals surface area contributed by atoms with Crippen LogP contribution in [0.15, 0.2) is 0 Å². The van der Waals surface area contributed by atoms with Crippen LogP contribution in [-0.2, 0) is 16.0 Å². The largest absolute Gasteiger partial charge is 0.481 e. The summed E-state index contributed by atoms with van der Waals surface area (Å²) in [6, 6.07) is 0. The van der Waals surface area contributed by atoms with Crippen molar-refractivity contribution in [2.24, 2.45) is 11.8 Å². The van der Waals surface area contributed by atoms with Crippen molar-refractivity contribution in [2.45, 2.75) is 19.8 Å². The quantitative estimate of drug-likeness (QED) is 0.822. The molecule has 21 heavy (non-hydrogen) atoms. The summed E-state index contributed by atoms with van der Waals surface area (Å²) in [5.41, 5.74) is 0.581. The van der Waals surface area contributed by atoms with Crippen LogP contribution in [0.3, 0.4) is 0 Å². The first-order valence-electron chi connectivity index (χ1n) is 6.51. The number of aryl methyl sites for hydroxylation is 1. The maximum absolute atomic E-state index is 12.4. The normalized spacial score (nSPS) is 22.0. The number of likely N-dealkylation sites (tertiary alicyclic amines) is 1. The standard InChI is InChI=1S/C12H15N3O5S/c1-2-8-9(21-14-13-8)10(16)15-4-3-6(11(17)18)7(5-15)12(19)20/h6-7H,2-5H2,1H3,(H,17,18)(H,19,20). The Labute approximate surface area is 124 Å². The van der Waals surface area contributed by atoms with Crippen molar-refractivity contribution in [3.05, 3.63) is 10.6 Å². The van der Waals surface area contributed by atoms with E-state index in [0.717, 1.165) is 11.5 Å². The maximum atomic E-state index is 12.4. The van der Waals surface area contributed by atoms with E-state index < -0.39 is 23.8 Å². The molecule has 8 nitrogen and oxygen atoms in total. The lowest BCUT2D eigenvalue weighted by molar-refractivity contribution is -0.156. The van der Waals surface area contributed by atoms with E-state index >= 15 is 0 Å². The fourth-order valence-corrected chi connectivity index (χ4v) is 3.15. The summed E-state index contributed by atoms with van der Waals surface area (Å²) in [6.07, 6.45) is 0.692. The molecule has 1 amide bonds. The van der Waals surface area contributed by atoms with E-state index in [1.165, 1.54) is 4.90 Å². The van der Waals surface area contributed by atoms with Crippen LogP contribution in [0.2, 0.25) is 0 Å². The van der Waals surface area contributed by atoms with Gasteiger partial charge in [0.2, 0.25) is 0 Å². The summed E-state index contributed by atoms with van der Waals surface area (Å²) in [6.45, 7) is 1.97. The van der Waals surface area contributed by atoms with Gasteiger partial charge < -0.3 is 15.1 Å². The molecule has 1 aliphatic rings. The number of aliphatic carboxylic acids is 2. The van der Waals surface area contributed by atoms with E-state index in [9.17, 15) is 14.4 Å². The van der Waals surface area contributed by atoms with Crippen LogP contribution in [0.4, 0.5) is 0 Å². The Morgan fingerprint density at radius 1 is 1.29 bits per heavy atom. The highest BCUT2D eigenvalue weighted by Crippen LogP contribution is 2.26. The SMILES string of the molecule is CCc1nnsc1C(=O)N1CCC(C(=O)O)C(C(=O)O)C1. The second-order valence-electron chi connectivity index (χ2n) is 4.83. The zero-order chi connectivity index (χ0) is 15.6. The molecule has 0 radical (unpaired) electrons. The third-order valence-electron chi connectivity index (χ3n) is 3.62. The highest BCUT2D eigenvalue weighted by atomic mass is 32.1. The molecule has 0 bridgehead atoms. The molecule has 1 aromatic rings. The van der Waals surface area contributed by atoms with Gasteiger partial charge in [0.1, 0.15) is 4.88 Å². The molecule has 2 heterocycles. The predicted octanol–water partition coefficient (Wildman–Crippen LogP) is 0.348. The van der Waals surface area contributed by atoms with Crippen LogP contribution >= 0.6 is 11.5 Å². The molecule has 2 rings (SSSR count). The molecule has 0 aliphatic carbocycles. The first-order valence-corrected chi connectivity index (χ1v) is 7.29. The lowest BCUT2D eigenvalue weighted by Crippen LogP contribution is -2.48. The van der Waals surface area contributed by atoms with Gasteiger partial charge in [-0.1, -0.05) is 11.4 Å².